The molecule has 2 amide bonds. The summed E-state index contributed by atoms with van der Waals surface area (Å²) in [5, 5.41) is 0. The summed E-state index contributed by atoms with van der Waals surface area (Å²) in [5.74, 6) is 1.34. The van der Waals surface area contributed by atoms with Crippen molar-refractivity contribution in [2.75, 3.05) is 39.4 Å². The van der Waals surface area contributed by atoms with Crippen LogP contribution < -0.4 is 9.47 Å². The second-order valence-corrected chi connectivity index (χ2v) is 7.55. The highest BCUT2D eigenvalue weighted by Crippen LogP contribution is 2.19. The molecule has 1 aliphatic rings. The minimum Gasteiger partial charge on any atom is -0.484 e. The number of hydrogen-bond donors (Lipinski definition) is 0. The van der Waals surface area contributed by atoms with E-state index in [0.717, 1.165) is 23.3 Å². The Balaban J connectivity index is 1.42. The van der Waals surface area contributed by atoms with Crippen molar-refractivity contribution in [1.29, 1.82) is 0 Å². The van der Waals surface area contributed by atoms with E-state index >= 15 is 0 Å². The Morgan fingerprint density at radius 3 is 2.03 bits per heavy atom. The van der Waals surface area contributed by atoms with Crippen molar-refractivity contribution in [3.63, 3.8) is 0 Å². The van der Waals surface area contributed by atoms with Crippen LogP contribution in [0.15, 0.2) is 42.5 Å². The molecule has 2 aromatic carbocycles. The number of ether oxygens (including phenoxy) is 2. The van der Waals surface area contributed by atoms with Crippen LogP contribution in [0.2, 0.25) is 0 Å². The lowest BCUT2D eigenvalue weighted by Crippen LogP contribution is -2.52. The van der Waals surface area contributed by atoms with Crippen LogP contribution >= 0.6 is 0 Å². The molecule has 0 aliphatic carbocycles. The number of nitrogens with zero attached hydrogens (tertiary/aromatic N) is 2. The largest absolute Gasteiger partial charge is 0.484 e. The van der Waals surface area contributed by atoms with Gasteiger partial charge in [-0.2, -0.15) is 0 Å². The second-order valence-electron chi connectivity index (χ2n) is 7.55. The molecule has 160 valence electrons. The van der Waals surface area contributed by atoms with E-state index in [-0.39, 0.29) is 25.0 Å². The minimum absolute atomic E-state index is 0.00730. The van der Waals surface area contributed by atoms with Gasteiger partial charge in [-0.05, 0) is 55.2 Å². The van der Waals surface area contributed by atoms with Gasteiger partial charge in [0, 0.05) is 26.2 Å². The van der Waals surface area contributed by atoms with E-state index < -0.39 is 0 Å². The van der Waals surface area contributed by atoms with Gasteiger partial charge in [-0.3, -0.25) is 9.59 Å². The number of amides is 2. The van der Waals surface area contributed by atoms with Gasteiger partial charge in [0.15, 0.2) is 13.2 Å². The Bertz CT molecular complexity index is 889. The number of hydrogen-bond acceptors (Lipinski definition) is 4. The highest BCUT2D eigenvalue weighted by atomic mass is 16.5. The molecule has 0 atom stereocenters. The summed E-state index contributed by atoms with van der Waals surface area (Å²) in [6.45, 7) is 8.17. The molecule has 3 rings (SSSR count). The van der Waals surface area contributed by atoms with Gasteiger partial charge >= 0.3 is 0 Å². The van der Waals surface area contributed by atoms with E-state index in [1.807, 2.05) is 56.3 Å². The summed E-state index contributed by atoms with van der Waals surface area (Å²) < 4.78 is 11.4. The van der Waals surface area contributed by atoms with Gasteiger partial charge in [-0.25, -0.2) is 0 Å². The van der Waals surface area contributed by atoms with E-state index in [9.17, 15) is 9.59 Å². The van der Waals surface area contributed by atoms with E-state index in [0.29, 0.717) is 31.9 Å². The number of piperazine rings is 1. The van der Waals surface area contributed by atoms with Gasteiger partial charge in [-0.15, -0.1) is 0 Å². The topological polar surface area (TPSA) is 59.1 Å². The highest BCUT2D eigenvalue weighted by Gasteiger charge is 2.24. The van der Waals surface area contributed by atoms with Crippen LogP contribution in [0.3, 0.4) is 0 Å². The highest BCUT2D eigenvalue weighted by molar-refractivity contribution is 5.80. The van der Waals surface area contributed by atoms with Crippen molar-refractivity contribution < 1.29 is 19.1 Å². The van der Waals surface area contributed by atoms with Crippen molar-refractivity contribution in [1.82, 2.24) is 9.80 Å². The summed E-state index contributed by atoms with van der Waals surface area (Å²) >= 11 is 0. The number of aryl methyl sites for hydroxylation is 3. The molecule has 0 unspecified atom stereocenters. The second kappa shape index (κ2) is 10.1. The molecule has 0 N–H and O–H groups in total. The number of para-hydroxylation sites is 1. The SMILES string of the molecule is CCc1ccccc1OCC(=O)N1CCN(C(=O)COc2ccc(C)c(C)c2)CC1. The van der Waals surface area contributed by atoms with E-state index in [2.05, 4.69) is 6.92 Å². The molecule has 1 heterocycles. The van der Waals surface area contributed by atoms with Crippen LogP contribution in [0.25, 0.3) is 0 Å². The summed E-state index contributed by atoms with van der Waals surface area (Å²) in [6, 6.07) is 13.6. The molecule has 1 saturated heterocycles. The first kappa shape index (κ1) is 21.7. The summed E-state index contributed by atoms with van der Waals surface area (Å²) in [4.78, 5) is 28.4. The molecule has 30 heavy (non-hydrogen) atoms. The number of benzene rings is 2. The first-order valence-electron chi connectivity index (χ1n) is 10.4. The van der Waals surface area contributed by atoms with Gasteiger partial charge in [0.05, 0.1) is 0 Å². The molecule has 0 spiro atoms. The quantitative estimate of drug-likeness (QED) is 0.704. The van der Waals surface area contributed by atoms with Crippen molar-refractivity contribution in [2.45, 2.75) is 27.2 Å². The lowest BCUT2D eigenvalue weighted by molar-refractivity contribution is -0.141. The smallest absolute Gasteiger partial charge is 0.260 e. The van der Waals surface area contributed by atoms with E-state index in [1.165, 1.54) is 5.56 Å². The number of rotatable bonds is 7. The third-order valence-corrected chi connectivity index (χ3v) is 5.53. The fourth-order valence-electron chi connectivity index (χ4n) is 3.41. The fraction of sp³-hybridized carbons (Fsp3) is 0.417. The van der Waals surface area contributed by atoms with Gasteiger partial charge in [0.1, 0.15) is 11.5 Å². The van der Waals surface area contributed by atoms with Gasteiger partial charge in [0.25, 0.3) is 11.8 Å². The van der Waals surface area contributed by atoms with Crippen LogP contribution in [0, 0.1) is 13.8 Å². The Labute approximate surface area is 178 Å². The monoisotopic (exact) mass is 410 g/mol. The maximum Gasteiger partial charge on any atom is 0.260 e. The Hall–Kier alpha value is -3.02. The van der Waals surface area contributed by atoms with Crippen LogP contribution in [0.5, 0.6) is 11.5 Å². The molecule has 0 aromatic heterocycles. The molecule has 0 bridgehead atoms. The van der Waals surface area contributed by atoms with Crippen LogP contribution in [0.4, 0.5) is 0 Å². The van der Waals surface area contributed by atoms with E-state index in [4.69, 9.17) is 9.47 Å². The Morgan fingerprint density at radius 1 is 0.833 bits per heavy atom. The number of carbonyl (C=O) groups is 2. The fourth-order valence-corrected chi connectivity index (χ4v) is 3.41. The molecule has 6 nitrogen and oxygen atoms in total. The summed E-state index contributed by atoms with van der Waals surface area (Å²) in [5.41, 5.74) is 3.41. The average Bonchev–Trinajstić information content (AvgIpc) is 2.78. The summed E-state index contributed by atoms with van der Waals surface area (Å²) in [6.07, 6.45) is 0.857. The molecule has 0 radical (unpaired) electrons. The van der Waals surface area contributed by atoms with Crippen molar-refractivity contribution in [3.05, 3.63) is 59.2 Å². The number of carbonyl (C=O) groups excluding carboxylic acids is 2. The lowest BCUT2D eigenvalue weighted by atomic mass is 10.1. The molecule has 0 saturated carbocycles. The Kier molecular flexibility index (Phi) is 7.33. The van der Waals surface area contributed by atoms with Gasteiger partial charge in [0.2, 0.25) is 0 Å². The zero-order valence-electron chi connectivity index (χ0n) is 18.0. The van der Waals surface area contributed by atoms with Crippen LogP contribution in [-0.4, -0.2) is 61.0 Å². The van der Waals surface area contributed by atoms with Crippen LogP contribution in [0.1, 0.15) is 23.6 Å². The zero-order chi connectivity index (χ0) is 21.5. The molecule has 1 fully saturated rings. The molecule has 1 aliphatic heterocycles. The first-order valence-corrected chi connectivity index (χ1v) is 10.4. The molecule has 2 aromatic rings. The third kappa shape index (κ3) is 5.53. The van der Waals surface area contributed by atoms with Gasteiger partial charge in [-0.1, -0.05) is 31.2 Å². The predicted octanol–water partition coefficient (Wildman–Crippen LogP) is 2.99. The lowest BCUT2D eigenvalue weighted by Gasteiger charge is -2.34. The summed E-state index contributed by atoms with van der Waals surface area (Å²) in [7, 11) is 0. The first-order chi connectivity index (χ1) is 14.5. The molecular formula is C24H30N2O4. The minimum atomic E-state index is -0.0616. The maximum atomic E-state index is 12.5. The maximum absolute atomic E-state index is 12.5. The van der Waals surface area contributed by atoms with E-state index in [1.54, 1.807) is 9.80 Å². The Morgan fingerprint density at radius 2 is 1.43 bits per heavy atom. The van der Waals surface area contributed by atoms with Crippen molar-refractivity contribution >= 4 is 11.8 Å². The standard InChI is InChI=1S/C24H30N2O4/c1-4-20-7-5-6-8-22(20)30-17-24(28)26-13-11-25(12-14-26)23(27)16-29-21-10-9-18(2)19(3)15-21/h5-10,15H,4,11-14,16-17H2,1-3H3. The predicted molar refractivity (Wildman–Crippen MR) is 116 cm³/mol. The third-order valence-electron chi connectivity index (χ3n) is 5.53. The van der Waals surface area contributed by atoms with Crippen molar-refractivity contribution in [3.8, 4) is 11.5 Å². The van der Waals surface area contributed by atoms with Gasteiger partial charge < -0.3 is 19.3 Å². The van der Waals surface area contributed by atoms with Crippen LogP contribution in [-0.2, 0) is 16.0 Å². The average molecular weight is 411 g/mol. The zero-order valence-corrected chi connectivity index (χ0v) is 18.0. The molecular weight excluding hydrogens is 380 g/mol. The van der Waals surface area contributed by atoms with Crippen molar-refractivity contribution in [2.24, 2.45) is 0 Å². The normalized spacial score (nSPS) is 13.8. The molecule has 6 heteroatoms.